The summed E-state index contributed by atoms with van der Waals surface area (Å²) in [6, 6.07) is 4.69. The number of carbonyl (C=O) groups excluding carboxylic acids is 1. The smallest absolute Gasteiger partial charge is 0.251 e. The van der Waals surface area contributed by atoms with E-state index in [9.17, 15) is 9.90 Å². The Labute approximate surface area is 113 Å². The quantitative estimate of drug-likeness (QED) is 0.818. The minimum Gasteiger partial charge on any atom is -0.493 e. The van der Waals surface area contributed by atoms with Crippen molar-refractivity contribution in [3.63, 3.8) is 0 Å². The Bertz CT molecular complexity index is 431. The zero-order chi connectivity index (χ0) is 14.4. The first-order valence-corrected chi connectivity index (χ1v) is 6.17. The average Bonchev–Trinajstić information content (AvgIpc) is 2.43. The molecular weight excluding hydrogens is 246 g/mol. The second-order valence-corrected chi connectivity index (χ2v) is 4.58. The summed E-state index contributed by atoms with van der Waals surface area (Å²) in [5.41, 5.74) is 0.469. The van der Waals surface area contributed by atoms with Gasteiger partial charge in [0, 0.05) is 5.56 Å². The number of benzene rings is 1. The molecular formula is C14H21NO4. The van der Waals surface area contributed by atoms with Gasteiger partial charge in [-0.25, -0.2) is 0 Å². The second-order valence-electron chi connectivity index (χ2n) is 4.58. The maximum absolute atomic E-state index is 12.1. The lowest BCUT2D eigenvalue weighted by Gasteiger charge is -2.20. The van der Waals surface area contributed by atoms with E-state index >= 15 is 0 Å². The number of nitrogens with one attached hydrogen (secondary N) is 1. The van der Waals surface area contributed by atoms with E-state index in [0.717, 1.165) is 0 Å². The number of aliphatic hydroxyl groups is 1. The number of hydrogen-bond donors (Lipinski definition) is 2. The monoisotopic (exact) mass is 267 g/mol. The molecule has 0 unspecified atom stereocenters. The van der Waals surface area contributed by atoms with E-state index in [1.807, 2.05) is 13.8 Å². The lowest BCUT2D eigenvalue weighted by Crippen LogP contribution is -2.41. The van der Waals surface area contributed by atoms with Crippen molar-refractivity contribution < 1.29 is 19.4 Å². The van der Waals surface area contributed by atoms with Crippen LogP contribution in [0.1, 0.15) is 24.2 Å². The molecule has 0 aliphatic carbocycles. The second kappa shape index (κ2) is 6.99. The molecule has 19 heavy (non-hydrogen) atoms. The minimum atomic E-state index is -0.263. The minimum absolute atomic E-state index is 0.0866. The summed E-state index contributed by atoms with van der Waals surface area (Å²) < 4.78 is 10.3. The van der Waals surface area contributed by atoms with E-state index in [0.29, 0.717) is 17.1 Å². The number of carbonyl (C=O) groups is 1. The van der Waals surface area contributed by atoms with Crippen LogP contribution in [0.2, 0.25) is 0 Å². The maximum Gasteiger partial charge on any atom is 0.251 e. The zero-order valence-corrected chi connectivity index (χ0v) is 11.8. The summed E-state index contributed by atoms with van der Waals surface area (Å²) in [7, 11) is 3.06. The third kappa shape index (κ3) is 3.86. The molecule has 1 aromatic rings. The molecule has 0 heterocycles. The van der Waals surface area contributed by atoms with E-state index in [1.165, 1.54) is 14.2 Å². The van der Waals surface area contributed by atoms with E-state index < -0.39 is 0 Å². The predicted molar refractivity (Wildman–Crippen MR) is 72.7 cm³/mol. The van der Waals surface area contributed by atoms with Gasteiger partial charge in [0.05, 0.1) is 26.9 Å². The van der Waals surface area contributed by atoms with Gasteiger partial charge in [0.1, 0.15) is 0 Å². The van der Waals surface area contributed by atoms with Gasteiger partial charge >= 0.3 is 0 Å². The van der Waals surface area contributed by atoms with Crippen LogP contribution in [0.15, 0.2) is 18.2 Å². The summed E-state index contributed by atoms with van der Waals surface area (Å²) in [6.45, 7) is 3.79. The first-order valence-electron chi connectivity index (χ1n) is 6.17. The highest BCUT2D eigenvalue weighted by molar-refractivity contribution is 5.95. The first-order chi connectivity index (χ1) is 9.03. The molecule has 0 bridgehead atoms. The van der Waals surface area contributed by atoms with Gasteiger partial charge in [-0.05, 0) is 24.1 Å². The number of amides is 1. The Balaban J connectivity index is 2.88. The Morgan fingerprint density at radius 2 is 1.89 bits per heavy atom. The fourth-order valence-electron chi connectivity index (χ4n) is 1.65. The van der Waals surface area contributed by atoms with Crippen LogP contribution in [0.25, 0.3) is 0 Å². The van der Waals surface area contributed by atoms with E-state index in [1.54, 1.807) is 18.2 Å². The van der Waals surface area contributed by atoms with Gasteiger partial charge < -0.3 is 19.9 Å². The zero-order valence-electron chi connectivity index (χ0n) is 11.8. The largest absolute Gasteiger partial charge is 0.493 e. The molecule has 1 rings (SSSR count). The molecule has 0 aromatic heterocycles. The third-order valence-corrected chi connectivity index (χ3v) is 2.96. The predicted octanol–water partition coefficient (Wildman–Crippen LogP) is 1.45. The van der Waals surface area contributed by atoms with Crippen molar-refractivity contribution in [2.24, 2.45) is 5.92 Å². The normalized spacial score (nSPS) is 12.1. The van der Waals surface area contributed by atoms with Crippen molar-refractivity contribution in [1.29, 1.82) is 0 Å². The van der Waals surface area contributed by atoms with Gasteiger partial charge in [0.25, 0.3) is 5.91 Å². The summed E-state index contributed by atoms with van der Waals surface area (Å²) in [5.74, 6) is 0.990. The SMILES string of the molecule is COc1ccc(C(=O)N[C@H](CO)C(C)C)cc1OC. The number of methoxy groups -OCH3 is 2. The molecule has 1 atom stereocenters. The Kier molecular flexibility index (Phi) is 5.63. The first kappa shape index (κ1) is 15.3. The van der Waals surface area contributed by atoms with Gasteiger partial charge in [-0.2, -0.15) is 0 Å². The van der Waals surface area contributed by atoms with E-state index in [2.05, 4.69) is 5.32 Å². The third-order valence-electron chi connectivity index (χ3n) is 2.96. The molecule has 2 N–H and O–H groups in total. The van der Waals surface area contributed by atoms with Crippen LogP contribution in [-0.2, 0) is 0 Å². The van der Waals surface area contributed by atoms with Crippen molar-refractivity contribution in [3.05, 3.63) is 23.8 Å². The molecule has 0 spiro atoms. The van der Waals surface area contributed by atoms with Crippen LogP contribution in [0.4, 0.5) is 0 Å². The van der Waals surface area contributed by atoms with E-state index in [-0.39, 0.29) is 24.5 Å². The Morgan fingerprint density at radius 3 is 2.37 bits per heavy atom. The summed E-state index contributed by atoms with van der Waals surface area (Å²) >= 11 is 0. The van der Waals surface area contributed by atoms with Crippen molar-refractivity contribution in [2.75, 3.05) is 20.8 Å². The van der Waals surface area contributed by atoms with Gasteiger partial charge in [0.2, 0.25) is 0 Å². The van der Waals surface area contributed by atoms with Crippen LogP contribution < -0.4 is 14.8 Å². The van der Waals surface area contributed by atoms with E-state index in [4.69, 9.17) is 9.47 Å². The standard InChI is InChI=1S/C14H21NO4/c1-9(2)11(8-16)15-14(17)10-5-6-12(18-3)13(7-10)19-4/h5-7,9,11,16H,8H2,1-4H3,(H,15,17)/t11-/m1/s1. The van der Waals surface area contributed by atoms with Crippen molar-refractivity contribution in [1.82, 2.24) is 5.32 Å². The van der Waals surface area contributed by atoms with Crippen LogP contribution in [-0.4, -0.2) is 37.9 Å². The van der Waals surface area contributed by atoms with Gasteiger partial charge in [-0.15, -0.1) is 0 Å². The molecule has 1 aromatic carbocycles. The van der Waals surface area contributed by atoms with Crippen LogP contribution in [0.5, 0.6) is 11.5 Å². The molecule has 0 saturated carbocycles. The van der Waals surface area contributed by atoms with Gasteiger partial charge in [0.15, 0.2) is 11.5 Å². The molecule has 5 heteroatoms. The van der Waals surface area contributed by atoms with Crippen molar-refractivity contribution >= 4 is 5.91 Å². The number of rotatable bonds is 6. The molecule has 0 aliphatic heterocycles. The van der Waals surface area contributed by atoms with Crippen LogP contribution in [0, 0.1) is 5.92 Å². The highest BCUT2D eigenvalue weighted by Crippen LogP contribution is 2.27. The fourth-order valence-corrected chi connectivity index (χ4v) is 1.65. The topological polar surface area (TPSA) is 67.8 Å². The molecule has 0 radical (unpaired) electrons. The highest BCUT2D eigenvalue weighted by Gasteiger charge is 2.17. The maximum atomic E-state index is 12.1. The molecule has 0 aliphatic rings. The van der Waals surface area contributed by atoms with Crippen LogP contribution in [0.3, 0.4) is 0 Å². The number of hydrogen-bond acceptors (Lipinski definition) is 4. The summed E-state index contributed by atoms with van der Waals surface area (Å²) in [4.78, 5) is 12.1. The molecule has 5 nitrogen and oxygen atoms in total. The molecule has 106 valence electrons. The van der Waals surface area contributed by atoms with Crippen molar-refractivity contribution in [3.8, 4) is 11.5 Å². The number of ether oxygens (including phenoxy) is 2. The molecule has 0 saturated heterocycles. The summed E-state index contributed by atoms with van der Waals surface area (Å²) in [6.07, 6.45) is 0. The molecule has 1 amide bonds. The Hall–Kier alpha value is -1.75. The van der Waals surface area contributed by atoms with Crippen LogP contribution >= 0.6 is 0 Å². The lowest BCUT2D eigenvalue weighted by atomic mass is 10.0. The van der Waals surface area contributed by atoms with Gasteiger partial charge in [-0.3, -0.25) is 4.79 Å². The lowest BCUT2D eigenvalue weighted by molar-refractivity contribution is 0.0896. The number of aliphatic hydroxyl groups excluding tert-OH is 1. The summed E-state index contributed by atoms with van der Waals surface area (Å²) in [5, 5.41) is 12.0. The van der Waals surface area contributed by atoms with Gasteiger partial charge in [-0.1, -0.05) is 13.8 Å². The highest BCUT2D eigenvalue weighted by atomic mass is 16.5. The van der Waals surface area contributed by atoms with Crippen molar-refractivity contribution in [2.45, 2.75) is 19.9 Å². The fraction of sp³-hybridized carbons (Fsp3) is 0.500. The Morgan fingerprint density at radius 1 is 1.26 bits per heavy atom. The molecule has 0 fully saturated rings. The average molecular weight is 267 g/mol.